The monoisotopic (exact) mass is 303 g/mol. The SMILES string of the molecule is N=C(N)c1cc2c(nc1Sc1cccc(Cl)c1)CCC2. The fraction of sp³-hybridized carbons (Fsp3) is 0.200. The zero-order valence-corrected chi connectivity index (χ0v) is 12.4. The molecule has 0 saturated carbocycles. The Morgan fingerprint density at radius 3 is 2.90 bits per heavy atom. The summed E-state index contributed by atoms with van der Waals surface area (Å²) in [7, 11) is 0. The Balaban J connectivity index is 2.01. The first-order chi connectivity index (χ1) is 9.63. The molecule has 3 nitrogen and oxygen atoms in total. The summed E-state index contributed by atoms with van der Waals surface area (Å²) >= 11 is 7.51. The summed E-state index contributed by atoms with van der Waals surface area (Å²) in [5.74, 6) is 0.0664. The van der Waals surface area contributed by atoms with Crippen LogP contribution in [-0.4, -0.2) is 10.8 Å². The molecule has 20 heavy (non-hydrogen) atoms. The van der Waals surface area contributed by atoms with Crippen LogP contribution in [0.4, 0.5) is 0 Å². The van der Waals surface area contributed by atoms with E-state index in [1.165, 1.54) is 17.3 Å². The quantitative estimate of drug-likeness (QED) is 0.672. The number of fused-ring (bicyclic) bond motifs is 1. The van der Waals surface area contributed by atoms with Crippen molar-refractivity contribution in [3.05, 3.63) is 52.2 Å². The zero-order chi connectivity index (χ0) is 14.1. The van der Waals surface area contributed by atoms with Gasteiger partial charge in [-0.1, -0.05) is 29.4 Å². The number of nitrogens with two attached hydrogens (primary N) is 1. The minimum absolute atomic E-state index is 0.0664. The topological polar surface area (TPSA) is 62.8 Å². The van der Waals surface area contributed by atoms with Crippen LogP contribution in [0.5, 0.6) is 0 Å². The maximum absolute atomic E-state index is 7.75. The number of nitrogens with zero attached hydrogens (tertiary/aromatic N) is 1. The van der Waals surface area contributed by atoms with E-state index >= 15 is 0 Å². The second-order valence-electron chi connectivity index (χ2n) is 4.77. The molecule has 0 aliphatic heterocycles. The van der Waals surface area contributed by atoms with Crippen LogP contribution >= 0.6 is 23.4 Å². The molecule has 1 aromatic heterocycles. The van der Waals surface area contributed by atoms with E-state index in [1.54, 1.807) is 0 Å². The third kappa shape index (κ3) is 2.67. The highest BCUT2D eigenvalue weighted by atomic mass is 35.5. The maximum Gasteiger partial charge on any atom is 0.125 e. The lowest BCUT2D eigenvalue weighted by Gasteiger charge is -2.10. The molecule has 1 aliphatic rings. The van der Waals surface area contributed by atoms with Crippen molar-refractivity contribution in [2.24, 2.45) is 5.73 Å². The highest BCUT2D eigenvalue weighted by Gasteiger charge is 2.18. The molecule has 0 bridgehead atoms. The van der Waals surface area contributed by atoms with E-state index in [-0.39, 0.29) is 5.84 Å². The number of hydrogen-bond donors (Lipinski definition) is 2. The van der Waals surface area contributed by atoms with Gasteiger partial charge in [0.25, 0.3) is 0 Å². The minimum atomic E-state index is 0.0664. The molecule has 0 fully saturated rings. The van der Waals surface area contributed by atoms with Crippen LogP contribution in [0.3, 0.4) is 0 Å². The summed E-state index contributed by atoms with van der Waals surface area (Å²) in [4.78, 5) is 5.70. The predicted molar refractivity (Wildman–Crippen MR) is 82.9 cm³/mol. The van der Waals surface area contributed by atoms with E-state index in [2.05, 4.69) is 0 Å². The van der Waals surface area contributed by atoms with Crippen molar-refractivity contribution in [2.45, 2.75) is 29.2 Å². The lowest BCUT2D eigenvalue weighted by molar-refractivity contribution is 0.891. The number of amidine groups is 1. The largest absolute Gasteiger partial charge is 0.384 e. The van der Waals surface area contributed by atoms with Gasteiger partial charge >= 0.3 is 0 Å². The fourth-order valence-corrected chi connectivity index (χ4v) is 3.61. The van der Waals surface area contributed by atoms with E-state index < -0.39 is 0 Å². The molecular weight excluding hydrogens is 290 g/mol. The van der Waals surface area contributed by atoms with Gasteiger partial charge in [-0.25, -0.2) is 4.98 Å². The second kappa shape index (κ2) is 5.46. The lowest BCUT2D eigenvalue weighted by Crippen LogP contribution is -2.14. The van der Waals surface area contributed by atoms with E-state index in [0.717, 1.165) is 40.4 Å². The highest BCUT2D eigenvalue weighted by molar-refractivity contribution is 7.99. The fourth-order valence-electron chi connectivity index (χ4n) is 2.37. The van der Waals surface area contributed by atoms with E-state index in [4.69, 9.17) is 27.7 Å². The maximum atomic E-state index is 7.75. The molecule has 0 unspecified atom stereocenters. The van der Waals surface area contributed by atoms with Crippen molar-refractivity contribution in [2.75, 3.05) is 0 Å². The van der Waals surface area contributed by atoms with Crippen LogP contribution in [-0.2, 0) is 12.8 Å². The van der Waals surface area contributed by atoms with Crippen LogP contribution in [0.2, 0.25) is 5.02 Å². The van der Waals surface area contributed by atoms with Gasteiger partial charge in [0.15, 0.2) is 0 Å². The summed E-state index contributed by atoms with van der Waals surface area (Å²) in [6.07, 6.45) is 3.17. The third-order valence-corrected chi connectivity index (χ3v) is 4.55. The zero-order valence-electron chi connectivity index (χ0n) is 10.8. The smallest absolute Gasteiger partial charge is 0.125 e. The summed E-state index contributed by atoms with van der Waals surface area (Å²) < 4.78 is 0. The second-order valence-corrected chi connectivity index (χ2v) is 6.27. The average Bonchev–Trinajstić information content (AvgIpc) is 2.84. The molecule has 3 N–H and O–H groups in total. The molecule has 1 heterocycles. The Hall–Kier alpha value is -1.52. The summed E-state index contributed by atoms with van der Waals surface area (Å²) in [6, 6.07) is 9.64. The number of nitrogen functional groups attached to an aromatic ring is 1. The Morgan fingerprint density at radius 1 is 1.30 bits per heavy atom. The first kappa shape index (κ1) is 13.5. The van der Waals surface area contributed by atoms with Gasteiger partial charge in [0, 0.05) is 21.2 Å². The Kier molecular flexibility index (Phi) is 3.68. The third-order valence-electron chi connectivity index (χ3n) is 3.32. The first-order valence-corrected chi connectivity index (χ1v) is 7.63. The van der Waals surface area contributed by atoms with Crippen molar-refractivity contribution in [3.8, 4) is 0 Å². The molecular formula is C15H14ClN3S. The number of pyridine rings is 1. The Labute approximate surface area is 127 Å². The van der Waals surface area contributed by atoms with Gasteiger partial charge in [0.1, 0.15) is 10.9 Å². The number of benzene rings is 1. The number of aromatic nitrogens is 1. The standard InChI is InChI=1S/C15H14ClN3S/c16-10-4-2-5-11(8-10)20-15-12(14(17)18)7-9-3-1-6-13(9)19-15/h2,4-5,7-8H,1,3,6H2,(H3,17,18). The van der Waals surface area contributed by atoms with Crippen LogP contribution in [0.1, 0.15) is 23.2 Å². The van der Waals surface area contributed by atoms with Crippen LogP contribution in [0.25, 0.3) is 0 Å². The van der Waals surface area contributed by atoms with Crippen molar-refractivity contribution >= 4 is 29.2 Å². The molecule has 0 amide bonds. The van der Waals surface area contributed by atoms with Crippen molar-refractivity contribution < 1.29 is 0 Å². The highest BCUT2D eigenvalue weighted by Crippen LogP contribution is 2.33. The molecule has 3 rings (SSSR count). The molecule has 0 radical (unpaired) electrons. The summed E-state index contributed by atoms with van der Waals surface area (Å²) in [6.45, 7) is 0. The molecule has 1 aliphatic carbocycles. The van der Waals surface area contributed by atoms with Crippen LogP contribution < -0.4 is 5.73 Å². The van der Waals surface area contributed by atoms with Gasteiger partial charge in [-0.2, -0.15) is 0 Å². The number of nitrogens with one attached hydrogen (secondary N) is 1. The number of rotatable bonds is 3. The van der Waals surface area contributed by atoms with Crippen LogP contribution in [0, 0.1) is 5.41 Å². The predicted octanol–water partition coefficient (Wildman–Crippen LogP) is 3.66. The Morgan fingerprint density at radius 2 is 2.15 bits per heavy atom. The first-order valence-electron chi connectivity index (χ1n) is 6.44. The Bertz CT molecular complexity index is 685. The molecule has 2 aromatic rings. The molecule has 102 valence electrons. The van der Waals surface area contributed by atoms with E-state index in [9.17, 15) is 0 Å². The van der Waals surface area contributed by atoms with Gasteiger partial charge in [0.05, 0.1) is 0 Å². The molecule has 5 heteroatoms. The van der Waals surface area contributed by atoms with E-state index in [1.807, 2.05) is 30.3 Å². The molecule has 1 aromatic carbocycles. The minimum Gasteiger partial charge on any atom is -0.384 e. The molecule has 0 spiro atoms. The summed E-state index contributed by atoms with van der Waals surface area (Å²) in [5.41, 5.74) is 8.78. The lowest BCUT2D eigenvalue weighted by atomic mass is 10.1. The molecule has 0 atom stereocenters. The number of halogens is 1. The van der Waals surface area contributed by atoms with Gasteiger partial charge in [0.2, 0.25) is 0 Å². The van der Waals surface area contributed by atoms with Crippen molar-refractivity contribution in [3.63, 3.8) is 0 Å². The number of hydrogen-bond acceptors (Lipinski definition) is 3. The van der Waals surface area contributed by atoms with Gasteiger partial charge in [-0.3, -0.25) is 5.41 Å². The van der Waals surface area contributed by atoms with Crippen molar-refractivity contribution in [1.82, 2.24) is 4.98 Å². The summed E-state index contributed by atoms with van der Waals surface area (Å²) in [5, 5.41) is 9.23. The molecule has 0 saturated heterocycles. The average molecular weight is 304 g/mol. The van der Waals surface area contributed by atoms with Gasteiger partial charge in [-0.05, 0) is 49.1 Å². The number of aryl methyl sites for hydroxylation is 2. The normalized spacial score (nSPS) is 13.2. The van der Waals surface area contributed by atoms with Crippen LogP contribution in [0.15, 0.2) is 40.3 Å². The van der Waals surface area contributed by atoms with Crippen molar-refractivity contribution in [1.29, 1.82) is 5.41 Å². The van der Waals surface area contributed by atoms with Gasteiger partial charge in [-0.15, -0.1) is 0 Å². The van der Waals surface area contributed by atoms with Gasteiger partial charge < -0.3 is 5.73 Å². The van der Waals surface area contributed by atoms with E-state index in [0.29, 0.717) is 5.02 Å².